The number of rotatable bonds is 0. The Morgan fingerprint density at radius 2 is 2.17 bits per heavy atom. The van der Waals surface area contributed by atoms with E-state index in [4.69, 9.17) is 0 Å². The third kappa shape index (κ3) is 1.33. The number of hydrogen-bond donors (Lipinski definition) is 0. The summed E-state index contributed by atoms with van der Waals surface area (Å²) in [6.45, 7) is 1.83. The number of hydrogen-bond acceptors (Lipinski definition) is 1. The van der Waals surface area contributed by atoms with Gasteiger partial charge in [0.25, 0.3) is 0 Å². The van der Waals surface area contributed by atoms with Crippen molar-refractivity contribution in [2.45, 2.75) is 50.1 Å². The topological polar surface area (TPSA) is 17.1 Å². The molecule has 0 heterocycles. The molecule has 0 N–H and O–H groups in total. The molecule has 1 nitrogen and oxygen atoms in total. The van der Waals surface area contributed by atoms with Gasteiger partial charge in [0.05, 0.1) is 5.41 Å². The van der Waals surface area contributed by atoms with Crippen molar-refractivity contribution < 1.29 is 13.6 Å². The molecule has 1 aromatic rings. The van der Waals surface area contributed by atoms with Crippen LogP contribution in [0.3, 0.4) is 0 Å². The fraction of sp³-hybridized carbons (Fsp3) is 0.533. The Balaban J connectivity index is 2.26. The van der Waals surface area contributed by atoms with Gasteiger partial charge in [0.15, 0.2) is 0 Å². The van der Waals surface area contributed by atoms with Crippen molar-refractivity contribution >= 4 is 5.78 Å². The molecule has 0 unspecified atom stereocenters. The predicted molar refractivity (Wildman–Crippen MR) is 64.9 cm³/mol. The first-order valence-corrected chi connectivity index (χ1v) is 6.53. The molecule has 0 bridgehead atoms. The van der Waals surface area contributed by atoms with Crippen LogP contribution in [0.4, 0.5) is 8.78 Å². The van der Waals surface area contributed by atoms with Crippen LogP contribution in [0.15, 0.2) is 18.2 Å². The summed E-state index contributed by atoms with van der Waals surface area (Å²) in [4.78, 5) is 12.2. The van der Waals surface area contributed by atoms with Gasteiger partial charge in [-0.25, -0.2) is 8.78 Å². The normalized spacial score (nSPS) is 34.9. The van der Waals surface area contributed by atoms with Gasteiger partial charge >= 0.3 is 0 Å². The number of halogens is 2. The van der Waals surface area contributed by atoms with Crippen molar-refractivity contribution in [2.24, 2.45) is 0 Å². The maximum Gasteiger partial charge on any atom is 0.146 e. The second kappa shape index (κ2) is 3.87. The minimum Gasteiger partial charge on any atom is -0.299 e. The molecule has 96 valence electrons. The Morgan fingerprint density at radius 3 is 2.83 bits per heavy atom. The molecule has 0 amide bonds. The number of benzene rings is 1. The number of ketones is 1. The van der Waals surface area contributed by atoms with Gasteiger partial charge in [-0.05, 0) is 42.4 Å². The van der Waals surface area contributed by atoms with Crippen molar-refractivity contribution in [2.75, 3.05) is 0 Å². The molecule has 1 aromatic carbocycles. The zero-order chi connectivity index (χ0) is 12.9. The maximum absolute atomic E-state index is 14.5. The molecule has 0 aromatic heterocycles. The summed E-state index contributed by atoms with van der Waals surface area (Å²) in [7, 11) is 0. The summed E-state index contributed by atoms with van der Waals surface area (Å²) < 4.78 is 28.5. The number of carbonyl (C=O) groups is 1. The molecule has 0 aliphatic heterocycles. The maximum atomic E-state index is 14.5. The molecule has 2 aliphatic rings. The van der Waals surface area contributed by atoms with E-state index >= 15 is 0 Å². The van der Waals surface area contributed by atoms with Gasteiger partial charge in [-0.1, -0.05) is 19.1 Å². The molecule has 1 spiro atoms. The Labute approximate surface area is 105 Å². The van der Waals surface area contributed by atoms with Gasteiger partial charge in [-0.3, -0.25) is 4.79 Å². The van der Waals surface area contributed by atoms with Crippen LogP contribution in [0, 0.1) is 5.82 Å². The van der Waals surface area contributed by atoms with Gasteiger partial charge in [0.2, 0.25) is 0 Å². The summed E-state index contributed by atoms with van der Waals surface area (Å²) in [6, 6.07) is 4.73. The van der Waals surface area contributed by atoms with Crippen LogP contribution in [0.5, 0.6) is 0 Å². The van der Waals surface area contributed by atoms with E-state index in [1.165, 1.54) is 6.07 Å². The van der Waals surface area contributed by atoms with E-state index in [1.54, 1.807) is 12.1 Å². The van der Waals surface area contributed by atoms with E-state index in [-0.39, 0.29) is 23.9 Å². The lowest BCUT2D eigenvalue weighted by molar-refractivity contribution is -0.125. The second-order valence-electron chi connectivity index (χ2n) is 5.55. The van der Waals surface area contributed by atoms with Crippen LogP contribution in [-0.4, -0.2) is 12.0 Å². The summed E-state index contributed by atoms with van der Waals surface area (Å²) in [6.07, 6.45) is 0.737. The summed E-state index contributed by atoms with van der Waals surface area (Å²) in [5, 5.41) is 0. The highest BCUT2D eigenvalue weighted by molar-refractivity contribution is 5.93. The molecule has 0 saturated heterocycles. The van der Waals surface area contributed by atoms with Crippen molar-refractivity contribution in [3.05, 3.63) is 35.1 Å². The van der Waals surface area contributed by atoms with Crippen molar-refractivity contribution in [3.63, 3.8) is 0 Å². The standard InChI is InChI=1S/C15H16F2O/c1-9-8-12(17)15(7-3-6-13(15)18)10-4-2-5-11(16)14(9)10/h2,4-5,9,12H,3,6-8H2,1H3/t9-,12+,15-/m0/s1. The minimum absolute atomic E-state index is 0.0475. The van der Waals surface area contributed by atoms with E-state index in [2.05, 4.69) is 0 Å². The minimum atomic E-state index is -1.17. The van der Waals surface area contributed by atoms with Crippen LogP contribution >= 0.6 is 0 Å². The number of alkyl halides is 1. The fourth-order valence-corrected chi connectivity index (χ4v) is 3.73. The van der Waals surface area contributed by atoms with Gasteiger partial charge in [-0.15, -0.1) is 0 Å². The lowest BCUT2D eigenvalue weighted by atomic mass is 9.64. The lowest BCUT2D eigenvalue weighted by Crippen LogP contribution is -2.45. The smallest absolute Gasteiger partial charge is 0.146 e. The Morgan fingerprint density at radius 1 is 1.39 bits per heavy atom. The molecule has 0 radical (unpaired) electrons. The lowest BCUT2D eigenvalue weighted by Gasteiger charge is -2.40. The van der Waals surface area contributed by atoms with E-state index < -0.39 is 11.6 Å². The van der Waals surface area contributed by atoms with Crippen LogP contribution in [0.2, 0.25) is 0 Å². The van der Waals surface area contributed by atoms with E-state index in [0.717, 1.165) is 0 Å². The van der Waals surface area contributed by atoms with Crippen LogP contribution in [0.25, 0.3) is 0 Å². The molecule has 1 fully saturated rings. The van der Waals surface area contributed by atoms with Crippen LogP contribution in [0.1, 0.15) is 49.7 Å². The van der Waals surface area contributed by atoms with Gasteiger partial charge in [0, 0.05) is 6.42 Å². The van der Waals surface area contributed by atoms with Crippen molar-refractivity contribution in [1.82, 2.24) is 0 Å². The highest BCUT2D eigenvalue weighted by Crippen LogP contribution is 2.51. The predicted octanol–water partition coefficient (Wildman–Crippen LogP) is 3.66. The van der Waals surface area contributed by atoms with Crippen molar-refractivity contribution in [3.8, 4) is 0 Å². The summed E-state index contributed by atoms with van der Waals surface area (Å²) in [5.41, 5.74) is 0.113. The zero-order valence-electron chi connectivity index (χ0n) is 10.4. The number of Topliss-reactive ketones (excluding diaryl/α,β-unsaturated/α-hetero) is 1. The molecule has 1 saturated carbocycles. The highest BCUT2D eigenvalue weighted by Gasteiger charge is 2.54. The Bertz CT molecular complexity index is 511. The first-order valence-electron chi connectivity index (χ1n) is 6.53. The van der Waals surface area contributed by atoms with E-state index in [0.29, 0.717) is 30.4 Å². The Hall–Kier alpha value is -1.25. The largest absolute Gasteiger partial charge is 0.299 e. The average molecular weight is 250 g/mol. The Kier molecular flexibility index (Phi) is 2.54. The van der Waals surface area contributed by atoms with Crippen LogP contribution < -0.4 is 0 Å². The summed E-state index contributed by atoms with van der Waals surface area (Å²) in [5.74, 6) is -0.505. The van der Waals surface area contributed by atoms with Crippen LogP contribution in [-0.2, 0) is 10.2 Å². The van der Waals surface area contributed by atoms with Gasteiger partial charge in [0.1, 0.15) is 17.8 Å². The first-order chi connectivity index (χ1) is 8.57. The molecular formula is C15H16F2O. The molecular weight excluding hydrogens is 234 g/mol. The first kappa shape index (κ1) is 11.8. The third-order valence-electron chi connectivity index (χ3n) is 4.59. The molecule has 18 heavy (non-hydrogen) atoms. The number of fused-ring (bicyclic) bond motifs is 2. The monoisotopic (exact) mass is 250 g/mol. The van der Waals surface area contributed by atoms with E-state index in [9.17, 15) is 13.6 Å². The zero-order valence-corrected chi connectivity index (χ0v) is 10.4. The molecule has 2 aliphatic carbocycles. The van der Waals surface area contributed by atoms with Gasteiger partial charge in [-0.2, -0.15) is 0 Å². The highest BCUT2D eigenvalue weighted by atomic mass is 19.1. The average Bonchev–Trinajstić information content (AvgIpc) is 2.69. The van der Waals surface area contributed by atoms with E-state index in [1.807, 2.05) is 6.92 Å². The SMILES string of the molecule is C[C@H]1C[C@@H](F)[C@]2(CCCC2=O)c2cccc(F)c21. The van der Waals surface area contributed by atoms with Gasteiger partial charge < -0.3 is 0 Å². The molecule has 3 atom stereocenters. The summed E-state index contributed by atoms with van der Waals surface area (Å²) >= 11 is 0. The fourth-order valence-electron chi connectivity index (χ4n) is 3.73. The van der Waals surface area contributed by atoms with Crippen molar-refractivity contribution in [1.29, 1.82) is 0 Å². The quantitative estimate of drug-likeness (QED) is 0.686. The third-order valence-corrected chi connectivity index (χ3v) is 4.59. The molecule has 3 heteroatoms. The number of carbonyl (C=O) groups excluding carboxylic acids is 1. The second-order valence-corrected chi connectivity index (χ2v) is 5.55. The molecule has 3 rings (SSSR count).